The first-order valence-corrected chi connectivity index (χ1v) is 8.49. The highest BCUT2D eigenvalue weighted by molar-refractivity contribution is 6.30. The van der Waals surface area contributed by atoms with E-state index in [1.807, 2.05) is 0 Å². The third-order valence-electron chi connectivity index (χ3n) is 4.02. The maximum atomic E-state index is 13.5. The molecule has 0 spiro atoms. The maximum absolute atomic E-state index is 13.5. The Morgan fingerprint density at radius 2 is 1.66 bits per heavy atom. The summed E-state index contributed by atoms with van der Waals surface area (Å²) in [5.41, 5.74) is -0.745. The van der Waals surface area contributed by atoms with Crippen molar-refractivity contribution in [2.24, 2.45) is 0 Å². The standard InChI is InChI=1S/C19H12ClF6N3/c20-15-8-13(7-14(9-15)18(21,22)23)17(19(24,25)26)6-3-12-1-4-16(5-2-12)29-11-27-10-28-29/h1-11,17H. The molecular formula is C19H12ClF6N3. The zero-order valence-corrected chi connectivity index (χ0v) is 15.2. The van der Waals surface area contributed by atoms with E-state index in [4.69, 9.17) is 11.6 Å². The van der Waals surface area contributed by atoms with Crippen molar-refractivity contribution in [1.29, 1.82) is 0 Å². The van der Waals surface area contributed by atoms with Crippen LogP contribution in [-0.2, 0) is 6.18 Å². The van der Waals surface area contributed by atoms with Gasteiger partial charge in [-0.05, 0) is 41.5 Å². The van der Waals surface area contributed by atoms with Crippen molar-refractivity contribution in [3.63, 3.8) is 0 Å². The molecule has 29 heavy (non-hydrogen) atoms. The number of halogens is 7. The van der Waals surface area contributed by atoms with Gasteiger partial charge in [-0.15, -0.1) is 0 Å². The molecule has 0 radical (unpaired) electrons. The summed E-state index contributed by atoms with van der Waals surface area (Å²) in [6.45, 7) is 0. The fraction of sp³-hybridized carbons (Fsp3) is 0.158. The summed E-state index contributed by atoms with van der Waals surface area (Å²) in [5, 5.41) is 3.51. The van der Waals surface area contributed by atoms with Crippen molar-refractivity contribution in [2.45, 2.75) is 18.3 Å². The van der Waals surface area contributed by atoms with Crippen LogP contribution in [0, 0.1) is 0 Å². The largest absolute Gasteiger partial charge is 0.416 e. The lowest BCUT2D eigenvalue weighted by atomic mass is 9.95. The van der Waals surface area contributed by atoms with Gasteiger partial charge in [0, 0.05) is 5.02 Å². The smallest absolute Gasteiger partial charge is 0.223 e. The summed E-state index contributed by atoms with van der Waals surface area (Å²) in [6.07, 6.45) is -4.82. The minimum atomic E-state index is -4.81. The topological polar surface area (TPSA) is 30.7 Å². The molecule has 0 saturated heterocycles. The van der Waals surface area contributed by atoms with Gasteiger partial charge in [-0.2, -0.15) is 31.4 Å². The van der Waals surface area contributed by atoms with E-state index in [0.29, 0.717) is 23.4 Å². The van der Waals surface area contributed by atoms with Gasteiger partial charge in [0.15, 0.2) is 0 Å². The second-order valence-electron chi connectivity index (χ2n) is 6.08. The molecular weight excluding hydrogens is 420 g/mol. The van der Waals surface area contributed by atoms with Gasteiger partial charge in [-0.25, -0.2) is 9.67 Å². The summed E-state index contributed by atoms with van der Waals surface area (Å²) >= 11 is 5.63. The molecule has 1 unspecified atom stereocenters. The Balaban J connectivity index is 1.92. The molecule has 0 saturated carbocycles. The van der Waals surface area contributed by atoms with Gasteiger partial charge in [0.1, 0.15) is 12.7 Å². The van der Waals surface area contributed by atoms with Crippen LogP contribution < -0.4 is 0 Å². The summed E-state index contributed by atoms with van der Waals surface area (Å²) in [5.74, 6) is -2.25. The Morgan fingerprint density at radius 1 is 0.966 bits per heavy atom. The van der Waals surface area contributed by atoms with Gasteiger partial charge < -0.3 is 0 Å². The van der Waals surface area contributed by atoms with Crippen molar-refractivity contribution in [1.82, 2.24) is 14.8 Å². The van der Waals surface area contributed by atoms with Gasteiger partial charge in [0.2, 0.25) is 0 Å². The van der Waals surface area contributed by atoms with Crippen LogP contribution in [0.25, 0.3) is 11.8 Å². The fourth-order valence-electron chi connectivity index (χ4n) is 2.65. The summed E-state index contributed by atoms with van der Waals surface area (Å²) < 4.78 is 80.9. The van der Waals surface area contributed by atoms with Crippen LogP contribution in [0.5, 0.6) is 0 Å². The highest BCUT2D eigenvalue weighted by atomic mass is 35.5. The molecule has 0 aliphatic carbocycles. The van der Waals surface area contributed by atoms with Gasteiger partial charge in [0.05, 0.1) is 17.2 Å². The Kier molecular flexibility index (Phi) is 5.70. The van der Waals surface area contributed by atoms with Crippen LogP contribution in [0.1, 0.15) is 22.6 Å². The zero-order chi connectivity index (χ0) is 21.2. The molecule has 0 N–H and O–H groups in total. The predicted octanol–water partition coefficient (Wildman–Crippen LogP) is 6.30. The highest BCUT2D eigenvalue weighted by Crippen LogP contribution is 2.40. The van der Waals surface area contributed by atoms with E-state index in [2.05, 4.69) is 10.1 Å². The molecule has 3 rings (SSSR count). The first-order valence-electron chi connectivity index (χ1n) is 8.12. The first-order chi connectivity index (χ1) is 13.5. The van der Waals surface area contributed by atoms with Crippen molar-refractivity contribution < 1.29 is 26.3 Å². The summed E-state index contributed by atoms with van der Waals surface area (Å²) in [6, 6.07) is 8.29. The Hall–Kier alpha value is -2.81. The fourth-order valence-corrected chi connectivity index (χ4v) is 2.90. The molecule has 0 aliphatic rings. The number of hydrogen-bond acceptors (Lipinski definition) is 2. The molecule has 0 bridgehead atoms. The van der Waals surface area contributed by atoms with E-state index in [1.165, 1.54) is 23.4 Å². The van der Waals surface area contributed by atoms with Gasteiger partial charge >= 0.3 is 12.4 Å². The summed E-state index contributed by atoms with van der Waals surface area (Å²) in [7, 11) is 0. The number of rotatable bonds is 4. The van der Waals surface area contributed by atoms with Crippen LogP contribution in [-0.4, -0.2) is 20.9 Å². The molecule has 3 aromatic rings. The molecule has 2 aromatic carbocycles. The number of hydrogen-bond donors (Lipinski definition) is 0. The second-order valence-corrected chi connectivity index (χ2v) is 6.52. The van der Waals surface area contributed by atoms with E-state index >= 15 is 0 Å². The van der Waals surface area contributed by atoms with Gasteiger partial charge in [-0.3, -0.25) is 0 Å². The number of nitrogens with zero attached hydrogens (tertiary/aromatic N) is 3. The molecule has 1 atom stereocenters. The Bertz CT molecular complexity index is 992. The third-order valence-corrected chi connectivity index (χ3v) is 4.23. The van der Waals surface area contributed by atoms with Gasteiger partial charge in [-0.1, -0.05) is 35.9 Å². The normalized spacial score (nSPS) is 13.8. The minimum Gasteiger partial charge on any atom is -0.223 e. The van der Waals surface area contributed by atoms with E-state index in [9.17, 15) is 26.3 Å². The third kappa shape index (κ3) is 5.17. The minimum absolute atomic E-state index is 0.422. The van der Waals surface area contributed by atoms with Crippen LogP contribution >= 0.6 is 11.6 Å². The Labute approximate surface area is 166 Å². The second kappa shape index (κ2) is 7.90. The lowest BCUT2D eigenvalue weighted by molar-refractivity contribution is -0.142. The van der Waals surface area contributed by atoms with E-state index in [0.717, 1.165) is 12.1 Å². The molecule has 0 aliphatic heterocycles. The average molecular weight is 432 g/mol. The van der Waals surface area contributed by atoms with E-state index < -0.39 is 34.4 Å². The predicted molar refractivity (Wildman–Crippen MR) is 95.6 cm³/mol. The van der Waals surface area contributed by atoms with Crippen molar-refractivity contribution in [3.8, 4) is 5.69 Å². The molecule has 3 nitrogen and oxygen atoms in total. The monoisotopic (exact) mass is 431 g/mol. The molecule has 1 heterocycles. The molecule has 10 heteroatoms. The van der Waals surface area contributed by atoms with Crippen LogP contribution in [0.15, 0.2) is 61.2 Å². The molecule has 0 amide bonds. The highest BCUT2D eigenvalue weighted by Gasteiger charge is 2.40. The number of benzene rings is 2. The average Bonchev–Trinajstić information content (AvgIpc) is 3.15. The molecule has 0 fully saturated rings. The lowest BCUT2D eigenvalue weighted by Crippen LogP contribution is -2.19. The lowest BCUT2D eigenvalue weighted by Gasteiger charge is -2.19. The Morgan fingerprint density at radius 3 is 2.21 bits per heavy atom. The quantitative estimate of drug-likeness (QED) is 0.454. The van der Waals surface area contributed by atoms with Crippen molar-refractivity contribution >= 4 is 17.7 Å². The number of aromatic nitrogens is 3. The van der Waals surface area contributed by atoms with E-state index in [1.54, 1.807) is 24.3 Å². The molecule has 1 aromatic heterocycles. The number of allylic oxidation sites excluding steroid dienone is 1. The SMILES string of the molecule is FC(F)(F)c1cc(Cl)cc(C(C=Cc2ccc(-n3cncn3)cc2)C(F)(F)F)c1. The zero-order valence-electron chi connectivity index (χ0n) is 14.4. The van der Waals surface area contributed by atoms with Crippen LogP contribution in [0.3, 0.4) is 0 Å². The van der Waals surface area contributed by atoms with E-state index in [-0.39, 0.29) is 0 Å². The first kappa shape index (κ1) is 20.9. The number of alkyl halides is 6. The molecule has 152 valence electrons. The van der Waals surface area contributed by atoms with Crippen LogP contribution in [0.4, 0.5) is 26.3 Å². The van der Waals surface area contributed by atoms with Crippen molar-refractivity contribution in [2.75, 3.05) is 0 Å². The maximum Gasteiger partial charge on any atom is 0.416 e. The van der Waals surface area contributed by atoms with Gasteiger partial charge in [0.25, 0.3) is 0 Å². The van der Waals surface area contributed by atoms with Crippen molar-refractivity contribution in [3.05, 3.63) is 82.9 Å². The van der Waals surface area contributed by atoms with Crippen LogP contribution in [0.2, 0.25) is 5.02 Å². The summed E-state index contributed by atoms with van der Waals surface area (Å²) in [4.78, 5) is 3.79.